The number of benzene rings is 2. The van der Waals surface area contributed by atoms with E-state index in [1.807, 2.05) is 44.2 Å². The van der Waals surface area contributed by atoms with E-state index < -0.39 is 28.3 Å². The summed E-state index contributed by atoms with van der Waals surface area (Å²) in [6.07, 6.45) is 1.10. The average Bonchev–Trinajstić information content (AvgIpc) is 3.41. The van der Waals surface area contributed by atoms with Crippen LogP contribution in [0.25, 0.3) is 0 Å². The van der Waals surface area contributed by atoms with Crippen molar-refractivity contribution < 1.29 is 28.3 Å². The van der Waals surface area contributed by atoms with Crippen molar-refractivity contribution in [1.82, 2.24) is 14.6 Å². The van der Waals surface area contributed by atoms with Crippen LogP contribution in [0.15, 0.2) is 76.4 Å². The lowest BCUT2D eigenvalue weighted by Gasteiger charge is -2.30. The maximum Gasteiger partial charge on any atom is 0.407 e. The van der Waals surface area contributed by atoms with Gasteiger partial charge in [0.05, 0.1) is 33.6 Å². The van der Waals surface area contributed by atoms with E-state index in [1.54, 1.807) is 11.7 Å². The Morgan fingerprint density at radius 3 is 2.47 bits per heavy atom. The molecular weight excluding hydrogens is 528 g/mol. The topological polar surface area (TPSA) is 141 Å². The molecule has 10 nitrogen and oxygen atoms in total. The minimum atomic E-state index is -3.98. The molecule has 0 bridgehead atoms. The molecule has 1 aromatic heterocycles. The number of aliphatic hydroxyl groups is 1. The summed E-state index contributed by atoms with van der Waals surface area (Å²) in [5.41, 5.74) is 3.03. The molecule has 2 aromatic carbocycles. The van der Waals surface area contributed by atoms with Crippen LogP contribution in [0.4, 0.5) is 4.79 Å². The highest BCUT2D eigenvalue weighted by Crippen LogP contribution is 2.20. The summed E-state index contributed by atoms with van der Waals surface area (Å²) >= 11 is 1.35. The van der Waals surface area contributed by atoms with E-state index in [9.17, 15) is 18.3 Å². The molecule has 0 radical (unpaired) electrons. The third-order valence-electron chi connectivity index (χ3n) is 5.58. The molecule has 0 unspecified atom stereocenters. The molecule has 1 amide bonds. The van der Waals surface area contributed by atoms with Crippen LogP contribution in [0.5, 0.6) is 0 Å². The van der Waals surface area contributed by atoms with Gasteiger partial charge in [-0.1, -0.05) is 61.5 Å². The zero-order chi connectivity index (χ0) is 27.5. The lowest BCUT2D eigenvalue weighted by Crippen LogP contribution is -2.51. The fourth-order valence-electron chi connectivity index (χ4n) is 3.75. The maximum absolute atomic E-state index is 13.5. The molecule has 0 saturated heterocycles. The van der Waals surface area contributed by atoms with Crippen LogP contribution in [-0.4, -0.2) is 65.6 Å². The summed E-state index contributed by atoms with van der Waals surface area (Å²) in [6.45, 7) is 3.72. The van der Waals surface area contributed by atoms with Gasteiger partial charge in [0.15, 0.2) is 0 Å². The van der Waals surface area contributed by atoms with E-state index in [2.05, 4.69) is 15.5 Å². The normalized spacial score (nSPS) is 13.6. The second-order valence-corrected chi connectivity index (χ2v) is 12.0. The third kappa shape index (κ3) is 8.62. The molecule has 0 aliphatic carbocycles. The monoisotopic (exact) mass is 560 g/mol. The van der Waals surface area contributed by atoms with Gasteiger partial charge in [0.25, 0.3) is 0 Å². The average molecular weight is 561 g/mol. The van der Waals surface area contributed by atoms with Crippen LogP contribution in [0.2, 0.25) is 0 Å². The molecule has 3 rings (SSSR count). The predicted octanol–water partition coefficient (Wildman–Crippen LogP) is 3.50. The number of thiazole rings is 1. The maximum atomic E-state index is 13.5. The van der Waals surface area contributed by atoms with Crippen LogP contribution < -0.4 is 5.32 Å². The summed E-state index contributed by atoms with van der Waals surface area (Å²) in [7, 11) is -3.98. The molecule has 2 atom stereocenters. The molecule has 3 aromatic rings. The molecule has 0 aliphatic rings. The Morgan fingerprint density at radius 2 is 1.87 bits per heavy atom. The van der Waals surface area contributed by atoms with Gasteiger partial charge in [-0.15, -0.1) is 11.3 Å². The Kier molecular flexibility index (Phi) is 10.8. The molecular formula is C26H32N4O6S2. The first-order chi connectivity index (χ1) is 18.2. The first-order valence-electron chi connectivity index (χ1n) is 12.0. The van der Waals surface area contributed by atoms with Crippen molar-refractivity contribution in [2.45, 2.75) is 43.9 Å². The van der Waals surface area contributed by atoms with E-state index in [0.29, 0.717) is 5.56 Å². The summed E-state index contributed by atoms with van der Waals surface area (Å²) in [6, 6.07) is 14.4. The minimum absolute atomic E-state index is 0.0253. The van der Waals surface area contributed by atoms with Gasteiger partial charge in [-0.3, -0.25) is 4.98 Å². The van der Waals surface area contributed by atoms with Crippen molar-refractivity contribution in [2.24, 2.45) is 11.1 Å². The SMILES string of the molecule is CC(C)CN(C[C@@H](O)[C@H](Cc1ccccc1)NC(=O)OCc1cncs1)S(=O)(=O)c1ccc(/C=N/O)cc1. The molecule has 1 heterocycles. The Morgan fingerprint density at radius 1 is 1.16 bits per heavy atom. The number of nitrogens with zero attached hydrogens (tertiary/aromatic N) is 3. The van der Waals surface area contributed by atoms with Crippen LogP contribution in [0, 0.1) is 5.92 Å². The van der Waals surface area contributed by atoms with Gasteiger partial charge in [-0.2, -0.15) is 4.31 Å². The third-order valence-corrected chi connectivity index (χ3v) is 8.18. The highest BCUT2D eigenvalue weighted by molar-refractivity contribution is 7.89. The lowest BCUT2D eigenvalue weighted by molar-refractivity contribution is 0.0876. The second kappa shape index (κ2) is 14.0. The number of oxime groups is 1. The number of nitrogens with one attached hydrogen (secondary N) is 1. The number of ether oxygens (including phenoxy) is 1. The molecule has 3 N–H and O–H groups in total. The quantitative estimate of drug-likeness (QED) is 0.165. The van der Waals surface area contributed by atoms with Crippen molar-refractivity contribution in [3.63, 3.8) is 0 Å². The number of aromatic nitrogens is 1. The van der Waals surface area contributed by atoms with Crippen LogP contribution in [0.1, 0.15) is 29.9 Å². The van der Waals surface area contributed by atoms with Gasteiger partial charge in [0.2, 0.25) is 10.0 Å². The zero-order valence-corrected chi connectivity index (χ0v) is 22.8. The van der Waals surface area contributed by atoms with Gasteiger partial charge in [-0.05, 0) is 35.6 Å². The second-order valence-electron chi connectivity index (χ2n) is 9.08. The Labute approximate surface area is 226 Å². The van der Waals surface area contributed by atoms with E-state index >= 15 is 0 Å². The number of amides is 1. The number of hydrogen-bond donors (Lipinski definition) is 3. The highest BCUT2D eigenvalue weighted by Gasteiger charge is 2.31. The number of aliphatic hydroxyl groups excluding tert-OH is 1. The summed E-state index contributed by atoms with van der Waals surface area (Å²) in [5, 5.41) is 25.6. The fourth-order valence-corrected chi connectivity index (χ4v) is 5.88. The summed E-state index contributed by atoms with van der Waals surface area (Å²) in [5.74, 6) is -0.0253. The van der Waals surface area contributed by atoms with Crippen LogP contribution in [0.3, 0.4) is 0 Å². The van der Waals surface area contributed by atoms with Gasteiger partial charge < -0.3 is 20.4 Å². The number of sulfonamides is 1. The van der Waals surface area contributed by atoms with E-state index in [1.165, 1.54) is 46.1 Å². The number of carbonyl (C=O) groups is 1. The van der Waals surface area contributed by atoms with Crippen LogP contribution >= 0.6 is 11.3 Å². The van der Waals surface area contributed by atoms with Crippen LogP contribution in [-0.2, 0) is 27.8 Å². The first kappa shape index (κ1) is 29.2. The molecule has 0 aliphatic heterocycles. The summed E-state index contributed by atoms with van der Waals surface area (Å²) in [4.78, 5) is 17.3. The number of alkyl carbamates (subject to hydrolysis) is 1. The van der Waals surface area contributed by atoms with Gasteiger partial charge in [0, 0.05) is 19.3 Å². The van der Waals surface area contributed by atoms with Crippen molar-refractivity contribution in [1.29, 1.82) is 0 Å². The van der Waals surface area contributed by atoms with Gasteiger partial charge in [0.1, 0.15) is 6.61 Å². The Balaban J connectivity index is 1.80. The molecule has 0 fully saturated rings. The first-order valence-corrected chi connectivity index (χ1v) is 14.3. The minimum Gasteiger partial charge on any atom is -0.444 e. The van der Waals surface area contributed by atoms with E-state index in [4.69, 9.17) is 9.94 Å². The molecule has 0 saturated carbocycles. The zero-order valence-electron chi connectivity index (χ0n) is 21.2. The fraction of sp³-hybridized carbons (Fsp3) is 0.346. The highest BCUT2D eigenvalue weighted by atomic mass is 32.2. The molecule has 0 spiro atoms. The molecule has 204 valence electrons. The number of hydrogen-bond acceptors (Lipinski definition) is 9. The van der Waals surface area contributed by atoms with Crippen molar-refractivity contribution in [2.75, 3.05) is 13.1 Å². The standard InChI is InChI=1S/C26H32N4O6S2/c1-19(2)15-30(38(34,35)23-10-8-21(9-11-23)13-28-33)16-25(31)24(12-20-6-4-3-5-7-20)29-26(32)36-17-22-14-27-18-37-22/h3-11,13-14,18-19,24-25,31,33H,12,15-17H2,1-2H3,(H,29,32)/b28-13+/t24-,25+/m0/s1. The lowest BCUT2D eigenvalue weighted by atomic mass is 10.0. The smallest absolute Gasteiger partial charge is 0.407 e. The van der Waals surface area contributed by atoms with Crippen molar-refractivity contribution in [3.05, 3.63) is 82.3 Å². The largest absolute Gasteiger partial charge is 0.444 e. The van der Waals surface area contributed by atoms with Gasteiger partial charge in [-0.25, -0.2) is 13.2 Å². The predicted molar refractivity (Wildman–Crippen MR) is 145 cm³/mol. The van der Waals surface area contributed by atoms with E-state index in [-0.39, 0.29) is 36.9 Å². The van der Waals surface area contributed by atoms with Crippen molar-refractivity contribution in [3.8, 4) is 0 Å². The van der Waals surface area contributed by atoms with Gasteiger partial charge >= 0.3 is 6.09 Å². The molecule has 12 heteroatoms. The molecule has 38 heavy (non-hydrogen) atoms. The van der Waals surface area contributed by atoms with E-state index in [0.717, 1.165) is 10.4 Å². The Bertz CT molecular complexity index is 1270. The van der Waals surface area contributed by atoms with Crippen molar-refractivity contribution >= 4 is 33.7 Å². The summed E-state index contributed by atoms with van der Waals surface area (Å²) < 4.78 is 33.6. The Hall–Kier alpha value is -3.32. The number of rotatable bonds is 13. The number of carbonyl (C=O) groups excluding carboxylic acids is 1.